The average molecular weight is 577 g/mol. The van der Waals surface area contributed by atoms with Gasteiger partial charge in [-0.15, -0.1) is 0 Å². The second kappa shape index (κ2) is 10.9. The Kier molecular flexibility index (Phi) is 7.51. The molecule has 5 rings (SSSR count). The zero-order valence-corrected chi connectivity index (χ0v) is 21.2. The number of halogens is 6. The molecular formula is C27H22F6N6O2. The smallest absolute Gasteiger partial charge is 0.433 e. The molecule has 1 aliphatic heterocycles. The molecule has 214 valence electrons. The van der Waals surface area contributed by atoms with Crippen molar-refractivity contribution in [2.45, 2.75) is 31.7 Å². The molecule has 1 aliphatic rings. The van der Waals surface area contributed by atoms with Gasteiger partial charge in [-0.3, -0.25) is 14.7 Å². The molecular weight excluding hydrogens is 554 g/mol. The highest BCUT2D eigenvalue weighted by Gasteiger charge is 2.34. The normalized spacial score (nSPS) is 16.6. The van der Waals surface area contributed by atoms with Crippen LogP contribution in [0.3, 0.4) is 0 Å². The van der Waals surface area contributed by atoms with Crippen molar-refractivity contribution < 1.29 is 36.2 Å². The van der Waals surface area contributed by atoms with E-state index in [0.717, 1.165) is 18.3 Å². The average Bonchev–Trinajstić information content (AvgIpc) is 2.92. The number of likely N-dealkylation sites (tertiary alicyclic amines) is 1. The Morgan fingerprint density at radius 2 is 1.83 bits per heavy atom. The zero-order chi connectivity index (χ0) is 29.4. The van der Waals surface area contributed by atoms with Crippen molar-refractivity contribution in [2.75, 3.05) is 18.4 Å². The Labute approximate surface area is 229 Å². The Balaban J connectivity index is 1.56. The van der Waals surface area contributed by atoms with Gasteiger partial charge < -0.3 is 10.4 Å². The lowest BCUT2D eigenvalue weighted by molar-refractivity contribution is -0.144. The molecule has 0 saturated carbocycles. The maximum Gasteiger partial charge on any atom is 0.433 e. The van der Waals surface area contributed by atoms with Crippen molar-refractivity contribution in [3.05, 3.63) is 71.9 Å². The molecule has 0 aliphatic carbocycles. The van der Waals surface area contributed by atoms with Crippen LogP contribution in [0.15, 0.2) is 54.9 Å². The lowest BCUT2D eigenvalue weighted by Gasteiger charge is -2.30. The van der Waals surface area contributed by atoms with E-state index in [1.807, 2.05) is 4.90 Å². The first kappa shape index (κ1) is 28.2. The molecule has 0 bridgehead atoms. The molecule has 41 heavy (non-hydrogen) atoms. The summed E-state index contributed by atoms with van der Waals surface area (Å²) in [5.74, 6) is -1.02. The first-order valence-electron chi connectivity index (χ1n) is 12.5. The number of carboxylic acids is 1. The minimum Gasteiger partial charge on any atom is -0.481 e. The molecule has 2 N–H and O–H groups in total. The number of pyridine rings is 2. The topological polar surface area (TPSA) is 104 Å². The van der Waals surface area contributed by atoms with Crippen molar-refractivity contribution in [1.82, 2.24) is 24.8 Å². The monoisotopic (exact) mass is 576 g/mol. The van der Waals surface area contributed by atoms with E-state index in [-0.39, 0.29) is 47.2 Å². The maximum absolute atomic E-state index is 13.7. The summed E-state index contributed by atoms with van der Waals surface area (Å²) in [6, 6.07) is 8.48. The van der Waals surface area contributed by atoms with Gasteiger partial charge in [-0.2, -0.15) is 26.3 Å². The van der Waals surface area contributed by atoms with E-state index in [2.05, 4.69) is 25.3 Å². The second-order valence-electron chi connectivity index (χ2n) is 9.59. The number of aromatic nitrogens is 4. The van der Waals surface area contributed by atoms with E-state index in [1.54, 1.807) is 0 Å². The van der Waals surface area contributed by atoms with E-state index >= 15 is 0 Å². The Morgan fingerprint density at radius 3 is 2.51 bits per heavy atom. The molecule has 0 spiro atoms. The summed E-state index contributed by atoms with van der Waals surface area (Å²) in [5.41, 5.74) is -1.67. The Morgan fingerprint density at radius 1 is 1.02 bits per heavy atom. The number of piperidine rings is 1. The summed E-state index contributed by atoms with van der Waals surface area (Å²) < 4.78 is 79.9. The van der Waals surface area contributed by atoms with Gasteiger partial charge in [0.2, 0.25) is 0 Å². The molecule has 8 nitrogen and oxygen atoms in total. The maximum atomic E-state index is 13.7. The molecule has 1 saturated heterocycles. The molecule has 0 radical (unpaired) electrons. The van der Waals surface area contributed by atoms with Crippen LogP contribution >= 0.6 is 0 Å². The van der Waals surface area contributed by atoms with Crippen LogP contribution in [0.1, 0.15) is 29.9 Å². The number of anilines is 2. The third-order valence-corrected chi connectivity index (χ3v) is 6.67. The first-order chi connectivity index (χ1) is 19.4. The van der Waals surface area contributed by atoms with Gasteiger partial charge in [0, 0.05) is 23.7 Å². The number of nitrogens with one attached hydrogen (secondary N) is 1. The minimum atomic E-state index is -4.65. The lowest BCUT2D eigenvalue weighted by atomic mass is 9.98. The van der Waals surface area contributed by atoms with Crippen LogP contribution in [-0.2, 0) is 23.7 Å². The van der Waals surface area contributed by atoms with E-state index in [9.17, 15) is 36.2 Å². The van der Waals surface area contributed by atoms with Crippen molar-refractivity contribution in [3.63, 3.8) is 0 Å². The number of rotatable bonds is 6. The van der Waals surface area contributed by atoms with Gasteiger partial charge in [0.05, 0.1) is 41.1 Å². The fraction of sp³-hybridized carbons (Fsp3) is 0.296. The summed E-state index contributed by atoms with van der Waals surface area (Å²) in [5, 5.41) is 12.8. The van der Waals surface area contributed by atoms with Gasteiger partial charge in [-0.05, 0) is 55.8 Å². The number of nitrogens with zero attached hydrogens (tertiary/aromatic N) is 5. The molecule has 4 aromatic rings. The summed E-state index contributed by atoms with van der Waals surface area (Å²) in [7, 11) is 0. The largest absolute Gasteiger partial charge is 0.481 e. The Hall–Kier alpha value is -4.33. The number of aliphatic carboxylic acids is 1. The number of fused-ring (bicyclic) bond motifs is 1. The number of benzene rings is 1. The van der Waals surface area contributed by atoms with Gasteiger partial charge >= 0.3 is 18.3 Å². The first-order valence-corrected chi connectivity index (χ1v) is 12.5. The summed E-state index contributed by atoms with van der Waals surface area (Å²) in [6.07, 6.45) is -5.83. The van der Waals surface area contributed by atoms with Gasteiger partial charge in [0.1, 0.15) is 17.3 Å². The van der Waals surface area contributed by atoms with Crippen molar-refractivity contribution in [2.24, 2.45) is 5.92 Å². The third kappa shape index (κ3) is 6.37. The lowest BCUT2D eigenvalue weighted by Crippen LogP contribution is -2.38. The van der Waals surface area contributed by atoms with Crippen LogP contribution in [0.25, 0.3) is 22.2 Å². The van der Waals surface area contributed by atoms with E-state index in [1.165, 1.54) is 36.5 Å². The van der Waals surface area contributed by atoms with Crippen molar-refractivity contribution in [1.29, 1.82) is 0 Å². The second-order valence-corrected chi connectivity index (χ2v) is 9.59. The SMILES string of the molecule is O=C(O)C1CCCN(Cc2nc(Nc3ccc(C(F)(F)F)nc3)c3ccc(-c4ncccc4C(F)(F)F)cc3n2)C1. The minimum absolute atomic E-state index is 0.154. The predicted octanol–water partition coefficient (Wildman–Crippen LogP) is 6.16. The molecule has 0 amide bonds. The summed E-state index contributed by atoms with van der Waals surface area (Å²) >= 11 is 0. The number of carboxylic acid groups (broad SMARTS) is 1. The highest BCUT2D eigenvalue weighted by Crippen LogP contribution is 2.37. The summed E-state index contributed by atoms with van der Waals surface area (Å²) in [6.45, 7) is 1.02. The molecule has 1 unspecified atom stereocenters. The third-order valence-electron chi connectivity index (χ3n) is 6.67. The van der Waals surface area contributed by atoms with Gasteiger partial charge in [0.25, 0.3) is 0 Å². The highest BCUT2D eigenvalue weighted by atomic mass is 19.4. The molecule has 4 heterocycles. The van der Waals surface area contributed by atoms with Crippen LogP contribution in [0, 0.1) is 5.92 Å². The number of carbonyl (C=O) groups is 1. The molecule has 14 heteroatoms. The number of alkyl halides is 6. The number of hydrogen-bond donors (Lipinski definition) is 2. The molecule has 3 aromatic heterocycles. The van der Waals surface area contributed by atoms with Gasteiger partial charge in [0.15, 0.2) is 0 Å². The van der Waals surface area contributed by atoms with Gasteiger partial charge in [-0.1, -0.05) is 6.07 Å². The predicted molar refractivity (Wildman–Crippen MR) is 136 cm³/mol. The van der Waals surface area contributed by atoms with E-state index < -0.39 is 35.5 Å². The van der Waals surface area contributed by atoms with Crippen LogP contribution in [0.5, 0.6) is 0 Å². The molecule has 1 fully saturated rings. The molecule has 1 atom stereocenters. The number of hydrogen-bond acceptors (Lipinski definition) is 7. The van der Waals surface area contributed by atoms with Crippen LogP contribution in [-0.4, -0.2) is 49.0 Å². The van der Waals surface area contributed by atoms with E-state index in [4.69, 9.17) is 0 Å². The highest BCUT2D eigenvalue weighted by molar-refractivity contribution is 5.93. The van der Waals surface area contributed by atoms with Crippen LogP contribution in [0.2, 0.25) is 0 Å². The van der Waals surface area contributed by atoms with E-state index in [0.29, 0.717) is 24.8 Å². The van der Waals surface area contributed by atoms with Crippen LogP contribution < -0.4 is 5.32 Å². The summed E-state index contributed by atoms with van der Waals surface area (Å²) in [4.78, 5) is 29.9. The van der Waals surface area contributed by atoms with Crippen molar-refractivity contribution in [3.8, 4) is 11.3 Å². The van der Waals surface area contributed by atoms with Gasteiger partial charge in [-0.25, -0.2) is 15.0 Å². The fourth-order valence-corrected chi connectivity index (χ4v) is 4.73. The van der Waals surface area contributed by atoms with Crippen molar-refractivity contribution >= 4 is 28.4 Å². The quantitative estimate of drug-likeness (QED) is 0.263. The Bertz CT molecular complexity index is 1580. The zero-order valence-electron chi connectivity index (χ0n) is 21.2. The molecule has 1 aromatic carbocycles. The standard InChI is InChI=1S/C27H22F6N6O2/c28-26(29,30)19-4-1-9-34-23(19)15-5-7-18-20(11-15)37-22(14-39-10-2-3-16(13-39)25(40)41)38-24(18)36-17-6-8-21(35-12-17)27(31,32)33/h1,4-9,11-12,16H,2-3,10,13-14H2,(H,40,41)(H,36,37,38). The fourth-order valence-electron chi connectivity index (χ4n) is 4.73. The van der Waals surface area contributed by atoms with Crippen LogP contribution in [0.4, 0.5) is 37.8 Å².